The van der Waals surface area contributed by atoms with Gasteiger partial charge in [-0.05, 0) is 133 Å². The molecule has 4 aliphatic rings. The van der Waals surface area contributed by atoms with Gasteiger partial charge in [0, 0.05) is 97.8 Å². The molecule has 6 aromatic heterocycles. The molecule has 418 valence electrons. The van der Waals surface area contributed by atoms with E-state index >= 15 is 0 Å². The van der Waals surface area contributed by atoms with Gasteiger partial charge in [0.15, 0.2) is 11.2 Å². The summed E-state index contributed by atoms with van der Waals surface area (Å²) in [5.41, 5.74) is 32.9. The predicted molar refractivity (Wildman–Crippen MR) is 384 cm³/mol. The first-order chi connectivity index (χ1) is 45.7. The second-order valence-electron chi connectivity index (χ2n) is 26.1. The first-order valence-electron chi connectivity index (χ1n) is 32.0. The summed E-state index contributed by atoms with van der Waals surface area (Å²) >= 11 is 0. The minimum atomic E-state index is -0.188. The van der Waals surface area contributed by atoms with Crippen molar-refractivity contribution in [2.24, 2.45) is 0 Å². The SMILES string of the molecule is c1ccc(-c2ccc3c(c2)c2cccc4c2n3-c2c3c(cc5c2oc2ccc(-c6ccc7c8cccc9c8n(c7c6)B6c7c-9cc8c(oc9ccccc98)c7-n7c8ccccc8c8cc(-c9ccccc9)cc6c87)cc25)-c2cccc5c6ccccc6n(c25)B34)cc1. The number of para-hydroxylation sites is 6. The number of benzene rings is 14. The highest BCUT2D eigenvalue weighted by Gasteiger charge is 2.46. The molecule has 4 aliphatic heterocycles. The highest BCUT2D eigenvalue weighted by molar-refractivity contribution is 6.91. The second kappa shape index (κ2) is 16.3. The first kappa shape index (κ1) is 47.1. The Kier molecular flexibility index (Phi) is 8.31. The molecule has 24 rings (SSSR count). The zero-order valence-corrected chi connectivity index (χ0v) is 49.2. The third-order valence-corrected chi connectivity index (χ3v) is 21.9. The van der Waals surface area contributed by atoms with Gasteiger partial charge >= 0.3 is 13.7 Å². The van der Waals surface area contributed by atoms with E-state index in [1.54, 1.807) is 0 Å². The molecule has 0 spiro atoms. The van der Waals surface area contributed by atoms with Crippen LogP contribution in [0.2, 0.25) is 0 Å². The van der Waals surface area contributed by atoms with Crippen molar-refractivity contribution in [1.29, 1.82) is 0 Å². The largest absolute Gasteiger partial charge is 0.454 e. The van der Waals surface area contributed by atoms with E-state index in [0.29, 0.717) is 0 Å². The fourth-order valence-corrected chi connectivity index (χ4v) is 18.3. The van der Waals surface area contributed by atoms with Crippen LogP contribution in [-0.2, 0) is 0 Å². The van der Waals surface area contributed by atoms with Gasteiger partial charge < -0.3 is 26.9 Å². The van der Waals surface area contributed by atoms with Crippen LogP contribution in [0.4, 0.5) is 0 Å². The van der Waals surface area contributed by atoms with Gasteiger partial charge in [-0.2, -0.15) is 0 Å². The van der Waals surface area contributed by atoms with Crippen LogP contribution >= 0.6 is 0 Å². The number of fused-ring (bicyclic) bond motifs is 28. The van der Waals surface area contributed by atoms with Crippen molar-refractivity contribution in [3.05, 3.63) is 267 Å². The van der Waals surface area contributed by atoms with Gasteiger partial charge in [0.25, 0.3) is 0 Å². The normalized spacial score (nSPS) is 13.4. The molecule has 0 unspecified atom stereocenters. The van der Waals surface area contributed by atoms with Crippen LogP contribution in [0.3, 0.4) is 0 Å². The van der Waals surface area contributed by atoms with Crippen molar-refractivity contribution >= 4 is 167 Å². The van der Waals surface area contributed by atoms with Crippen molar-refractivity contribution in [3.63, 3.8) is 0 Å². The fourth-order valence-electron chi connectivity index (χ4n) is 18.3. The van der Waals surface area contributed by atoms with Gasteiger partial charge in [0.05, 0.1) is 33.4 Å². The van der Waals surface area contributed by atoms with Gasteiger partial charge in [-0.1, -0.05) is 200 Å². The summed E-state index contributed by atoms with van der Waals surface area (Å²) in [6, 6.07) is 100. The molecule has 0 amide bonds. The summed E-state index contributed by atoms with van der Waals surface area (Å²) in [7, 11) is 0. The lowest BCUT2D eigenvalue weighted by molar-refractivity contribution is 0.666. The summed E-state index contributed by atoms with van der Waals surface area (Å²) in [4.78, 5) is 0. The predicted octanol–water partition coefficient (Wildman–Crippen LogP) is 18.8. The molecule has 0 bridgehead atoms. The molecule has 0 aliphatic carbocycles. The van der Waals surface area contributed by atoms with Crippen LogP contribution in [0.15, 0.2) is 276 Å². The molecule has 10 heterocycles. The minimum Gasteiger partial charge on any atom is -0.454 e. The van der Waals surface area contributed by atoms with Crippen LogP contribution in [0.1, 0.15) is 0 Å². The first-order valence-corrected chi connectivity index (χ1v) is 32.0. The van der Waals surface area contributed by atoms with Gasteiger partial charge in [-0.25, -0.2) is 0 Å². The monoisotopic (exact) mass is 1160 g/mol. The number of nitrogens with zero attached hydrogens (tertiary/aromatic N) is 4. The standard InChI is InChI=1S/C84H44B2N4O2/c1-3-16-45(17-4-1)47-33-36-70-60(38-47)57-27-15-28-67-79(57)88(70)81-75-63(58-25-13-23-55-51-20-8-11-30-71(51)89(77(55)58)85(67)75)44-66-61-39-48(34-37-74(61)92-84(66)81)49-32-35-53-56-24-14-26-59-62-43-65-54-22-9-12-31-73(54)91-83(65)82-76(62)86(90(78(56)59)72(53)42-49)68-41-50(46-18-5-2-6-19-46)40-64-52-21-7-10-29-69(52)87(82)80(64)68/h1-44H. The van der Waals surface area contributed by atoms with E-state index in [-0.39, 0.29) is 13.7 Å². The molecule has 0 N–H and O–H groups in total. The average Bonchev–Trinajstić information content (AvgIpc) is 1.47. The lowest BCUT2D eigenvalue weighted by atomic mass is 9.45. The Balaban J connectivity index is 0.779. The molecule has 6 nitrogen and oxygen atoms in total. The van der Waals surface area contributed by atoms with E-state index < -0.39 is 0 Å². The third-order valence-electron chi connectivity index (χ3n) is 21.9. The Bertz CT molecular complexity index is 6890. The molecular weight excluding hydrogens is 1120 g/mol. The smallest absolute Gasteiger partial charge is 0.333 e. The van der Waals surface area contributed by atoms with E-state index in [1.807, 2.05) is 0 Å². The van der Waals surface area contributed by atoms with E-state index in [4.69, 9.17) is 8.83 Å². The summed E-state index contributed by atoms with van der Waals surface area (Å²) in [6.45, 7) is -0.282. The number of hydrogen-bond donors (Lipinski definition) is 0. The zero-order valence-electron chi connectivity index (χ0n) is 49.2. The van der Waals surface area contributed by atoms with Crippen LogP contribution in [-0.4, -0.2) is 31.8 Å². The Morgan fingerprint density at radius 1 is 0.239 bits per heavy atom. The number of aromatic nitrogens is 4. The molecular formula is C84H44B2N4O2. The molecule has 0 saturated carbocycles. The molecule has 14 aromatic carbocycles. The summed E-state index contributed by atoms with van der Waals surface area (Å²) in [5, 5.41) is 14.5. The summed E-state index contributed by atoms with van der Waals surface area (Å²) in [6.07, 6.45) is 0. The second-order valence-corrected chi connectivity index (χ2v) is 26.1. The fraction of sp³-hybridized carbons (Fsp3) is 0. The molecule has 0 radical (unpaired) electrons. The number of hydrogen-bond acceptors (Lipinski definition) is 2. The third kappa shape index (κ3) is 5.50. The molecule has 8 heteroatoms. The van der Waals surface area contributed by atoms with Crippen LogP contribution in [0.5, 0.6) is 0 Å². The maximum absolute atomic E-state index is 7.47. The van der Waals surface area contributed by atoms with Crippen LogP contribution < -0.4 is 21.9 Å². The Morgan fingerprint density at radius 2 is 0.717 bits per heavy atom. The van der Waals surface area contributed by atoms with E-state index in [2.05, 4.69) is 285 Å². The van der Waals surface area contributed by atoms with E-state index in [9.17, 15) is 0 Å². The van der Waals surface area contributed by atoms with Gasteiger partial charge in [-0.15, -0.1) is 0 Å². The topological polar surface area (TPSA) is 46.0 Å². The maximum Gasteiger partial charge on any atom is 0.333 e. The Morgan fingerprint density at radius 3 is 1.45 bits per heavy atom. The molecule has 0 fully saturated rings. The zero-order chi connectivity index (χ0) is 59.1. The average molecular weight is 1160 g/mol. The Labute approximate surface area is 524 Å². The molecule has 0 saturated heterocycles. The highest BCUT2D eigenvalue weighted by atomic mass is 16.3. The molecule has 20 aromatic rings. The molecule has 92 heavy (non-hydrogen) atoms. The lowest BCUT2D eigenvalue weighted by Gasteiger charge is -2.34. The maximum atomic E-state index is 7.47. The Hall–Kier alpha value is -12.0. The van der Waals surface area contributed by atoms with E-state index in [0.717, 1.165) is 66.4 Å². The summed E-state index contributed by atoms with van der Waals surface area (Å²) in [5.74, 6) is 0. The highest BCUT2D eigenvalue weighted by Crippen LogP contribution is 2.51. The quantitative estimate of drug-likeness (QED) is 0.166. The van der Waals surface area contributed by atoms with Crippen molar-refractivity contribution in [2.45, 2.75) is 0 Å². The van der Waals surface area contributed by atoms with Crippen molar-refractivity contribution in [2.75, 3.05) is 0 Å². The van der Waals surface area contributed by atoms with E-state index in [1.165, 1.54) is 154 Å². The van der Waals surface area contributed by atoms with Gasteiger partial charge in [0.1, 0.15) is 11.2 Å². The van der Waals surface area contributed by atoms with Crippen LogP contribution in [0, 0.1) is 0 Å². The van der Waals surface area contributed by atoms with Crippen molar-refractivity contribution in [3.8, 4) is 67.0 Å². The molecule has 0 atom stereocenters. The number of rotatable bonds is 3. The lowest BCUT2D eigenvalue weighted by Crippen LogP contribution is -2.55. The number of furan rings is 2. The van der Waals surface area contributed by atoms with Gasteiger partial charge in [0.2, 0.25) is 0 Å². The van der Waals surface area contributed by atoms with Crippen LogP contribution in [0.25, 0.3) is 198 Å². The van der Waals surface area contributed by atoms with Gasteiger partial charge in [-0.3, -0.25) is 0 Å². The van der Waals surface area contributed by atoms with Crippen molar-refractivity contribution < 1.29 is 8.83 Å². The minimum absolute atomic E-state index is 0.0948. The van der Waals surface area contributed by atoms with Crippen molar-refractivity contribution in [1.82, 2.24) is 18.1 Å². The summed E-state index contributed by atoms with van der Waals surface area (Å²) < 4.78 is 25.1.